The van der Waals surface area contributed by atoms with Gasteiger partial charge in [-0.2, -0.15) is 0 Å². The van der Waals surface area contributed by atoms with Crippen LogP contribution in [0.4, 0.5) is 5.69 Å². The highest BCUT2D eigenvalue weighted by Gasteiger charge is 2.10. The van der Waals surface area contributed by atoms with E-state index in [0.29, 0.717) is 21.7 Å². The molecule has 5 heteroatoms. The van der Waals surface area contributed by atoms with E-state index in [4.69, 9.17) is 23.2 Å². The van der Waals surface area contributed by atoms with Crippen LogP contribution in [0.15, 0.2) is 18.2 Å². The topological polar surface area (TPSA) is 41.1 Å². The van der Waals surface area contributed by atoms with Crippen molar-refractivity contribution in [3.05, 3.63) is 28.2 Å². The van der Waals surface area contributed by atoms with E-state index in [1.807, 2.05) is 6.92 Å². The average Bonchev–Trinajstić information content (AvgIpc) is 2.27. The smallest absolute Gasteiger partial charge is 0.239 e. The predicted molar refractivity (Wildman–Crippen MR) is 77.4 cm³/mol. The Morgan fingerprint density at radius 2 is 1.94 bits per heavy atom. The molecule has 0 fully saturated rings. The first-order valence-electron chi connectivity index (χ1n) is 5.88. The molecule has 1 atom stereocenters. The molecule has 0 saturated heterocycles. The lowest BCUT2D eigenvalue weighted by Crippen LogP contribution is -2.39. The maximum Gasteiger partial charge on any atom is 0.239 e. The fourth-order valence-corrected chi connectivity index (χ4v) is 1.76. The van der Waals surface area contributed by atoms with Crippen molar-refractivity contribution in [2.24, 2.45) is 5.92 Å². The SMILES string of the molecule is CC(C)C(C)NC(=O)CNc1ccc(Cl)cc1Cl. The molecule has 0 spiro atoms. The molecule has 0 aliphatic carbocycles. The summed E-state index contributed by atoms with van der Waals surface area (Å²) < 4.78 is 0. The Morgan fingerprint density at radius 3 is 2.50 bits per heavy atom. The molecule has 0 aromatic heterocycles. The van der Waals surface area contributed by atoms with E-state index in [0.717, 1.165) is 0 Å². The lowest BCUT2D eigenvalue weighted by atomic mass is 10.1. The van der Waals surface area contributed by atoms with Crippen molar-refractivity contribution < 1.29 is 4.79 Å². The van der Waals surface area contributed by atoms with Gasteiger partial charge in [-0.15, -0.1) is 0 Å². The van der Waals surface area contributed by atoms with Gasteiger partial charge in [-0.1, -0.05) is 37.0 Å². The summed E-state index contributed by atoms with van der Waals surface area (Å²) in [5, 5.41) is 6.97. The third kappa shape index (κ3) is 4.75. The minimum Gasteiger partial charge on any atom is -0.375 e. The van der Waals surface area contributed by atoms with Crippen molar-refractivity contribution in [2.75, 3.05) is 11.9 Å². The number of hydrogen-bond donors (Lipinski definition) is 2. The number of rotatable bonds is 5. The highest BCUT2D eigenvalue weighted by Crippen LogP contribution is 2.24. The number of anilines is 1. The van der Waals surface area contributed by atoms with Crippen LogP contribution < -0.4 is 10.6 Å². The molecule has 0 aliphatic heterocycles. The minimum atomic E-state index is -0.0535. The maximum atomic E-state index is 11.7. The highest BCUT2D eigenvalue weighted by molar-refractivity contribution is 6.36. The maximum absolute atomic E-state index is 11.7. The van der Waals surface area contributed by atoms with Crippen molar-refractivity contribution in [1.29, 1.82) is 0 Å². The Balaban J connectivity index is 2.47. The van der Waals surface area contributed by atoms with E-state index in [-0.39, 0.29) is 18.5 Å². The van der Waals surface area contributed by atoms with E-state index >= 15 is 0 Å². The monoisotopic (exact) mass is 288 g/mol. The van der Waals surface area contributed by atoms with Crippen molar-refractivity contribution in [2.45, 2.75) is 26.8 Å². The Kier molecular flexibility index (Phi) is 5.76. The molecule has 0 saturated carbocycles. The Hall–Kier alpha value is -0.930. The first kappa shape index (κ1) is 15.1. The minimum absolute atomic E-state index is 0.0535. The number of halogens is 2. The Morgan fingerprint density at radius 1 is 1.28 bits per heavy atom. The molecule has 0 aliphatic rings. The first-order valence-corrected chi connectivity index (χ1v) is 6.64. The van der Waals surface area contributed by atoms with Crippen molar-refractivity contribution in [1.82, 2.24) is 5.32 Å². The predicted octanol–water partition coefficient (Wildman–Crippen LogP) is 3.57. The molecule has 3 nitrogen and oxygen atoms in total. The van der Waals surface area contributed by atoms with Gasteiger partial charge in [-0.05, 0) is 31.0 Å². The van der Waals surface area contributed by atoms with E-state index in [1.165, 1.54) is 0 Å². The van der Waals surface area contributed by atoms with Gasteiger partial charge in [-0.3, -0.25) is 4.79 Å². The zero-order valence-electron chi connectivity index (χ0n) is 10.8. The third-order valence-corrected chi connectivity index (χ3v) is 3.31. The Labute approximate surface area is 118 Å². The van der Waals surface area contributed by atoms with Crippen LogP contribution in [0.25, 0.3) is 0 Å². The van der Waals surface area contributed by atoms with Crippen LogP contribution in [0.3, 0.4) is 0 Å². The van der Waals surface area contributed by atoms with Crippen LogP contribution in [0.2, 0.25) is 10.0 Å². The van der Waals surface area contributed by atoms with E-state index in [1.54, 1.807) is 18.2 Å². The lowest BCUT2D eigenvalue weighted by Gasteiger charge is -2.18. The molecule has 18 heavy (non-hydrogen) atoms. The summed E-state index contributed by atoms with van der Waals surface area (Å²) in [5.74, 6) is 0.357. The number of carbonyl (C=O) groups excluding carboxylic acids is 1. The van der Waals surface area contributed by atoms with E-state index in [9.17, 15) is 4.79 Å². The highest BCUT2D eigenvalue weighted by atomic mass is 35.5. The standard InChI is InChI=1S/C13H18Cl2N2O/c1-8(2)9(3)17-13(18)7-16-12-5-4-10(14)6-11(12)15/h4-6,8-9,16H,7H2,1-3H3,(H,17,18). The number of benzene rings is 1. The van der Waals surface area contributed by atoms with E-state index < -0.39 is 0 Å². The lowest BCUT2D eigenvalue weighted by molar-refractivity contribution is -0.120. The third-order valence-electron chi connectivity index (χ3n) is 2.76. The van der Waals surface area contributed by atoms with Crippen molar-refractivity contribution >= 4 is 34.8 Å². The molecule has 2 N–H and O–H groups in total. The fraction of sp³-hybridized carbons (Fsp3) is 0.462. The van der Waals surface area contributed by atoms with Crippen LogP contribution in [0, 0.1) is 5.92 Å². The van der Waals surface area contributed by atoms with Gasteiger partial charge in [0, 0.05) is 11.1 Å². The Bertz CT molecular complexity index is 421. The largest absolute Gasteiger partial charge is 0.375 e. The molecule has 0 radical (unpaired) electrons. The van der Waals surface area contributed by atoms with Gasteiger partial charge < -0.3 is 10.6 Å². The zero-order chi connectivity index (χ0) is 13.7. The molecule has 100 valence electrons. The van der Waals surface area contributed by atoms with Crippen LogP contribution in [-0.4, -0.2) is 18.5 Å². The summed E-state index contributed by atoms with van der Waals surface area (Å²) in [5.41, 5.74) is 0.702. The van der Waals surface area contributed by atoms with Gasteiger partial charge in [0.05, 0.1) is 17.3 Å². The second-order valence-corrected chi connectivity index (χ2v) is 5.42. The molecular weight excluding hydrogens is 271 g/mol. The second kappa shape index (κ2) is 6.86. The summed E-state index contributed by atoms with van der Waals surface area (Å²) >= 11 is 11.8. The fourth-order valence-electron chi connectivity index (χ4n) is 1.28. The molecule has 1 aromatic rings. The zero-order valence-corrected chi connectivity index (χ0v) is 12.3. The van der Waals surface area contributed by atoms with Crippen LogP contribution in [0.5, 0.6) is 0 Å². The van der Waals surface area contributed by atoms with Gasteiger partial charge in [0.15, 0.2) is 0 Å². The summed E-state index contributed by atoms with van der Waals surface area (Å²) in [6.07, 6.45) is 0. The molecule has 1 amide bonds. The molecule has 1 unspecified atom stereocenters. The number of nitrogens with one attached hydrogen (secondary N) is 2. The number of hydrogen-bond acceptors (Lipinski definition) is 2. The molecule has 1 aromatic carbocycles. The van der Waals surface area contributed by atoms with Crippen LogP contribution in [-0.2, 0) is 4.79 Å². The van der Waals surface area contributed by atoms with Crippen LogP contribution in [0.1, 0.15) is 20.8 Å². The molecule has 1 rings (SSSR count). The second-order valence-electron chi connectivity index (χ2n) is 4.58. The van der Waals surface area contributed by atoms with Gasteiger partial charge in [-0.25, -0.2) is 0 Å². The normalized spacial score (nSPS) is 12.3. The molecule has 0 heterocycles. The van der Waals surface area contributed by atoms with Gasteiger partial charge in [0.1, 0.15) is 0 Å². The van der Waals surface area contributed by atoms with E-state index in [2.05, 4.69) is 24.5 Å². The van der Waals surface area contributed by atoms with Gasteiger partial charge >= 0.3 is 0 Å². The molecular formula is C13H18Cl2N2O. The number of amides is 1. The summed E-state index contributed by atoms with van der Waals surface area (Å²) in [6, 6.07) is 5.27. The summed E-state index contributed by atoms with van der Waals surface area (Å²) in [7, 11) is 0. The van der Waals surface area contributed by atoms with Gasteiger partial charge in [0.25, 0.3) is 0 Å². The van der Waals surface area contributed by atoms with Crippen LogP contribution >= 0.6 is 23.2 Å². The average molecular weight is 289 g/mol. The summed E-state index contributed by atoms with van der Waals surface area (Å²) in [4.78, 5) is 11.7. The van der Waals surface area contributed by atoms with Crippen molar-refractivity contribution in [3.8, 4) is 0 Å². The van der Waals surface area contributed by atoms with Gasteiger partial charge in [0.2, 0.25) is 5.91 Å². The quantitative estimate of drug-likeness (QED) is 0.870. The summed E-state index contributed by atoms with van der Waals surface area (Å²) in [6.45, 7) is 6.30. The number of carbonyl (C=O) groups is 1. The molecule has 0 bridgehead atoms. The van der Waals surface area contributed by atoms with Crippen molar-refractivity contribution in [3.63, 3.8) is 0 Å². The first-order chi connectivity index (χ1) is 8.40.